The summed E-state index contributed by atoms with van der Waals surface area (Å²) < 4.78 is 2.06. The van der Waals surface area contributed by atoms with Gasteiger partial charge in [0.05, 0.1) is 5.69 Å². The number of rotatable bonds is 7. The maximum absolute atomic E-state index is 4.57. The number of nitrogens with one attached hydrogen (secondary N) is 1. The molecule has 2 atom stereocenters. The third-order valence-electron chi connectivity index (χ3n) is 3.06. The maximum Gasteiger partial charge on any atom is 0.0762 e. The second-order valence-electron chi connectivity index (χ2n) is 4.61. The first kappa shape index (κ1) is 13.2. The molecule has 0 bridgehead atoms. The Morgan fingerprint density at radius 3 is 2.75 bits per heavy atom. The van der Waals surface area contributed by atoms with Crippen molar-refractivity contribution < 1.29 is 0 Å². The highest BCUT2D eigenvalue weighted by Crippen LogP contribution is 2.09. The molecule has 3 nitrogen and oxygen atoms in total. The van der Waals surface area contributed by atoms with Gasteiger partial charge in [-0.2, -0.15) is 5.10 Å². The maximum atomic E-state index is 4.57. The highest BCUT2D eigenvalue weighted by molar-refractivity contribution is 4.99. The van der Waals surface area contributed by atoms with Crippen LogP contribution in [-0.4, -0.2) is 15.8 Å². The van der Waals surface area contributed by atoms with E-state index in [1.807, 2.05) is 0 Å². The zero-order valence-electron chi connectivity index (χ0n) is 11.0. The molecule has 2 unspecified atom stereocenters. The fraction of sp³-hybridized carbons (Fsp3) is 0.769. The molecule has 0 aliphatic carbocycles. The van der Waals surface area contributed by atoms with Gasteiger partial charge in [0.25, 0.3) is 0 Å². The van der Waals surface area contributed by atoms with Gasteiger partial charge in [-0.3, -0.25) is 4.68 Å². The van der Waals surface area contributed by atoms with Crippen molar-refractivity contribution in [3.63, 3.8) is 0 Å². The van der Waals surface area contributed by atoms with E-state index in [0.717, 1.165) is 18.7 Å². The highest BCUT2D eigenvalue weighted by atomic mass is 15.3. The van der Waals surface area contributed by atoms with Gasteiger partial charge in [0.2, 0.25) is 0 Å². The van der Waals surface area contributed by atoms with E-state index >= 15 is 0 Å². The Balaban J connectivity index is 2.40. The largest absolute Gasteiger partial charge is 0.309 e. The van der Waals surface area contributed by atoms with Crippen LogP contribution in [0.15, 0.2) is 12.3 Å². The van der Waals surface area contributed by atoms with Gasteiger partial charge >= 0.3 is 0 Å². The summed E-state index contributed by atoms with van der Waals surface area (Å²) in [5.74, 6) is 0. The molecule has 0 saturated heterocycles. The Morgan fingerprint density at radius 1 is 1.38 bits per heavy atom. The number of aromatic nitrogens is 2. The molecule has 0 radical (unpaired) electrons. The molecule has 1 N–H and O–H groups in total. The minimum Gasteiger partial charge on any atom is -0.309 e. The van der Waals surface area contributed by atoms with Crippen LogP contribution in [0.1, 0.15) is 58.7 Å². The molecule has 0 saturated carbocycles. The SMILES string of the molecule is CCCC(C)NCc1ccn(C(C)CC)n1. The summed E-state index contributed by atoms with van der Waals surface area (Å²) in [4.78, 5) is 0. The molecule has 92 valence electrons. The molecule has 1 aromatic heterocycles. The summed E-state index contributed by atoms with van der Waals surface area (Å²) in [6.45, 7) is 9.72. The van der Waals surface area contributed by atoms with E-state index in [2.05, 4.69) is 55.1 Å². The average molecular weight is 223 g/mol. The van der Waals surface area contributed by atoms with Gasteiger partial charge in [0, 0.05) is 24.8 Å². The summed E-state index contributed by atoms with van der Waals surface area (Å²) in [7, 11) is 0. The lowest BCUT2D eigenvalue weighted by molar-refractivity contribution is 0.462. The van der Waals surface area contributed by atoms with Gasteiger partial charge in [-0.25, -0.2) is 0 Å². The molecule has 16 heavy (non-hydrogen) atoms. The first-order valence-electron chi connectivity index (χ1n) is 6.44. The van der Waals surface area contributed by atoms with Crippen molar-refractivity contribution in [1.29, 1.82) is 0 Å². The van der Waals surface area contributed by atoms with Gasteiger partial charge in [0.15, 0.2) is 0 Å². The molecular weight excluding hydrogens is 198 g/mol. The van der Waals surface area contributed by atoms with Gasteiger partial charge in [-0.15, -0.1) is 0 Å². The molecule has 0 aliphatic heterocycles. The van der Waals surface area contributed by atoms with Crippen LogP contribution in [-0.2, 0) is 6.54 Å². The second-order valence-corrected chi connectivity index (χ2v) is 4.61. The Labute approximate surface area is 99.2 Å². The van der Waals surface area contributed by atoms with Crippen molar-refractivity contribution in [2.24, 2.45) is 0 Å². The zero-order chi connectivity index (χ0) is 12.0. The van der Waals surface area contributed by atoms with Crippen LogP contribution < -0.4 is 5.32 Å². The standard InChI is InChI=1S/C13H25N3/c1-5-7-11(3)14-10-13-8-9-16(15-13)12(4)6-2/h8-9,11-12,14H,5-7,10H2,1-4H3. The van der Waals surface area contributed by atoms with Crippen LogP contribution in [0.2, 0.25) is 0 Å². The smallest absolute Gasteiger partial charge is 0.0762 e. The van der Waals surface area contributed by atoms with Crippen molar-refractivity contribution in [2.45, 2.75) is 65.6 Å². The van der Waals surface area contributed by atoms with E-state index in [4.69, 9.17) is 0 Å². The van der Waals surface area contributed by atoms with E-state index in [1.54, 1.807) is 0 Å². The molecule has 1 aromatic rings. The lowest BCUT2D eigenvalue weighted by Gasteiger charge is -2.11. The highest BCUT2D eigenvalue weighted by Gasteiger charge is 2.05. The summed E-state index contributed by atoms with van der Waals surface area (Å²) in [5.41, 5.74) is 1.14. The fourth-order valence-electron chi connectivity index (χ4n) is 1.72. The van der Waals surface area contributed by atoms with Crippen molar-refractivity contribution in [2.75, 3.05) is 0 Å². The predicted octanol–water partition coefficient (Wildman–Crippen LogP) is 3.13. The third kappa shape index (κ3) is 3.97. The first-order chi connectivity index (χ1) is 7.67. The van der Waals surface area contributed by atoms with E-state index < -0.39 is 0 Å². The monoisotopic (exact) mass is 223 g/mol. The summed E-state index contributed by atoms with van der Waals surface area (Å²) in [5, 5.41) is 8.06. The predicted molar refractivity (Wildman–Crippen MR) is 68.4 cm³/mol. The van der Waals surface area contributed by atoms with Gasteiger partial charge < -0.3 is 5.32 Å². The van der Waals surface area contributed by atoms with Crippen LogP contribution in [0, 0.1) is 0 Å². The van der Waals surface area contributed by atoms with Gasteiger partial charge in [-0.05, 0) is 32.8 Å². The van der Waals surface area contributed by atoms with E-state index in [9.17, 15) is 0 Å². The third-order valence-corrected chi connectivity index (χ3v) is 3.06. The molecule has 0 amide bonds. The lowest BCUT2D eigenvalue weighted by atomic mass is 10.2. The van der Waals surface area contributed by atoms with E-state index in [-0.39, 0.29) is 0 Å². The number of hydrogen-bond donors (Lipinski definition) is 1. The Kier molecular flexibility index (Phi) is 5.53. The van der Waals surface area contributed by atoms with Gasteiger partial charge in [0.1, 0.15) is 0 Å². The van der Waals surface area contributed by atoms with Crippen LogP contribution in [0.5, 0.6) is 0 Å². The quantitative estimate of drug-likeness (QED) is 0.769. The molecule has 0 spiro atoms. The van der Waals surface area contributed by atoms with E-state index in [0.29, 0.717) is 12.1 Å². The Morgan fingerprint density at radius 2 is 2.12 bits per heavy atom. The number of nitrogens with zero attached hydrogens (tertiary/aromatic N) is 2. The van der Waals surface area contributed by atoms with Crippen molar-refractivity contribution >= 4 is 0 Å². The van der Waals surface area contributed by atoms with Crippen LogP contribution in [0.4, 0.5) is 0 Å². The summed E-state index contributed by atoms with van der Waals surface area (Å²) in [6, 6.07) is 3.19. The van der Waals surface area contributed by atoms with Crippen molar-refractivity contribution in [1.82, 2.24) is 15.1 Å². The van der Waals surface area contributed by atoms with Crippen LogP contribution >= 0.6 is 0 Å². The zero-order valence-corrected chi connectivity index (χ0v) is 11.0. The van der Waals surface area contributed by atoms with Crippen LogP contribution in [0.3, 0.4) is 0 Å². The fourth-order valence-corrected chi connectivity index (χ4v) is 1.72. The minimum atomic E-state index is 0.502. The van der Waals surface area contributed by atoms with Gasteiger partial charge in [-0.1, -0.05) is 20.3 Å². The topological polar surface area (TPSA) is 29.9 Å². The molecule has 0 aliphatic rings. The lowest BCUT2D eigenvalue weighted by Crippen LogP contribution is -2.25. The number of hydrogen-bond acceptors (Lipinski definition) is 2. The Bertz CT molecular complexity index is 293. The molecule has 0 fully saturated rings. The normalized spacial score (nSPS) is 15.0. The average Bonchev–Trinajstić information content (AvgIpc) is 2.74. The summed E-state index contributed by atoms with van der Waals surface area (Å²) in [6.07, 6.45) is 5.66. The Hall–Kier alpha value is -0.830. The molecule has 0 aromatic carbocycles. The van der Waals surface area contributed by atoms with Crippen molar-refractivity contribution in [3.8, 4) is 0 Å². The second kappa shape index (κ2) is 6.69. The van der Waals surface area contributed by atoms with Crippen molar-refractivity contribution in [3.05, 3.63) is 18.0 Å². The molecule has 3 heteroatoms. The molecule has 1 heterocycles. The van der Waals surface area contributed by atoms with E-state index in [1.165, 1.54) is 12.8 Å². The van der Waals surface area contributed by atoms with Crippen LogP contribution in [0.25, 0.3) is 0 Å². The first-order valence-corrected chi connectivity index (χ1v) is 6.44. The summed E-state index contributed by atoms with van der Waals surface area (Å²) >= 11 is 0. The molecule has 1 rings (SSSR count). The minimum absolute atomic E-state index is 0.502. The molecular formula is C13H25N3.